The summed E-state index contributed by atoms with van der Waals surface area (Å²) in [5, 5.41) is 0.529. The standard InChI is InChI=1S/C18H19ClN2O2/c1-20-9-10-21(12-13-5-3-4-6-16(13)20)18(22)15-11-14(19)7-8-17(15)23-2/h3-8,11H,9-10,12H2,1-2H3. The second-order valence-corrected chi connectivity index (χ2v) is 6.06. The number of halogens is 1. The average Bonchev–Trinajstić information content (AvgIpc) is 2.74. The molecule has 0 N–H and O–H groups in total. The minimum Gasteiger partial charge on any atom is -0.496 e. The van der Waals surface area contributed by atoms with E-state index in [1.54, 1.807) is 25.3 Å². The lowest BCUT2D eigenvalue weighted by Crippen LogP contribution is -2.34. The minimum absolute atomic E-state index is 0.0607. The molecule has 23 heavy (non-hydrogen) atoms. The average molecular weight is 331 g/mol. The molecule has 0 bridgehead atoms. The van der Waals surface area contributed by atoms with Gasteiger partial charge in [-0.2, -0.15) is 0 Å². The smallest absolute Gasteiger partial charge is 0.258 e. The summed E-state index contributed by atoms with van der Waals surface area (Å²) < 4.78 is 5.32. The molecule has 1 amide bonds. The van der Waals surface area contributed by atoms with Crippen LogP contribution in [0.15, 0.2) is 42.5 Å². The first-order valence-corrected chi connectivity index (χ1v) is 7.90. The Morgan fingerprint density at radius 3 is 2.74 bits per heavy atom. The lowest BCUT2D eigenvalue weighted by atomic mass is 10.1. The number of amides is 1. The topological polar surface area (TPSA) is 32.8 Å². The van der Waals surface area contributed by atoms with Crippen molar-refractivity contribution in [2.75, 3.05) is 32.1 Å². The normalized spacial score (nSPS) is 14.2. The third-order valence-electron chi connectivity index (χ3n) is 4.15. The molecule has 0 fully saturated rings. The number of para-hydroxylation sites is 1. The van der Waals surface area contributed by atoms with Gasteiger partial charge in [-0.05, 0) is 29.8 Å². The van der Waals surface area contributed by atoms with E-state index in [9.17, 15) is 4.79 Å². The number of carbonyl (C=O) groups excluding carboxylic acids is 1. The maximum atomic E-state index is 13.0. The van der Waals surface area contributed by atoms with Gasteiger partial charge >= 0.3 is 0 Å². The van der Waals surface area contributed by atoms with Crippen molar-refractivity contribution in [2.24, 2.45) is 0 Å². The van der Waals surface area contributed by atoms with Gasteiger partial charge < -0.3 is 14.5 Å². The monoisotopic (exact) mass is 330 g/mol. The third-order valence-corrected chi connectivity index (χ3v) is 4.38. The van der Waals surface area contributed by atoms with Crippen molar-refractivity contribution in [2.45, 2.75) is 6.54 Å². The van der Waals surface area contributed by atoms with Crippen LogP contribution in [0.5, 0.6) is 5.75 Å². The van der Waals surface area contributed by atoms with Crippen LogP contribution in [0.2, 0.25) is 5.02 Å². The Hall–Kier alpha value is -2.20. The summed E-state index contributed by atoms with van der Waals surface area (Å²) in [6.45, 7) is 2.01. The van der Waals surface area contributed by atoms with E-state index in [2.05, 4.69) is 17.0 Å². The molecular formula is C18H19ClN2O2. The summed E-state index contributed by atoms with van der Waals surface area (Å²) in [4.78, 5) is 17.0. The Morgan fingerprint density at radius 1 is 1.17 bits per heavy atom. The van der Waals surface area contributed by atoms with Crippen LogP contribution in [0.1, 0.15) is 15.9 Å². The fraction of sp³-hybridized carbons (Fsp3) is 0.278. The zero-order valence-electron chi connectivity index (χ0n) is 13.3. The van der Waals surface area contributed by atoms with E-state index in [1.807, 2.05) is 24.1 Å². The van der Waals surface area contributed by atoms with Crippen LogP contribution in [-0.2, 0) is 6.54 Å². The first kappa shape index (κ1) is 15.7. The molecule has 0 radical (unpaired) electrons. The fourth-order valence-corrected chi connectivity index (χ4v) is 3.06. The van der Waals surface area contributed by atoms with E-state index in [0.29, 0.717) is 29.4 Å². The van der Waals surface area contributed by atoms with E-state index < -0.39 is 0 Å². The number of rotatable bonds is 2. The lowest BCUT2D eigenvalue weighted by molar-refractivity contribution is 0.0748. The molecule has 1 aliphatic heterocycles. The quantitative estimate of drug-likeness (QED) is 0.845. The van der Waals surface area contributed by atoms with Crippen LogP contribution < -0.4 is 9.64 Å². The number of nitrogens with zero attached hydrogens (tertiary/aromatic N) is 2. The second-order valence-electron chi connectivity index (χ2n) is 5.62. The molecule has 5 heteroatoms. The van der Waals surface area contributed by atoms with Gasteiger partial charge in [-0.1, -0.05) is 29.8 Å². The van der Waals surface area contributed by atoms with Crippen LogP contribution >= 0.6 is 11.6 Å². The van der Waals surface area contributed by atoms with Crippen molar-refractivity contribution in [1.29, 1.82) is 0 Å². The van der Waals surface area contributed by atoms with Gasteiger partial charge in [0.1, 0.15) is 5.75 Å². The molecule has 0 saturated carbocycles. The third kappa shape index (κ3) is 3.13. The Bertz CT molecular complexity index is 733. The molecule has 1 heterocycles. The van der Waals surface area contributed by atoms with Crippen molar-refractivity contribution in [1.82, 2.24) is 4.90 Å². The zero-order chi connectivity index (χ0) is 16.4. The largest absolute Gasteiger partial charge is 0.496 e. The molecule has 120 valence electrons. The molecule has 3 rings (SSSR count). The SMILES string of the molecule is COc1ccc(Cl)cc1C(=O)N1CCN(C)c2ccccc2C1. The number of hydrogen-bond acceptors (Lipinski definition) is 3. The van der Waals surface area contributed by atoms with E-state index in [-0.39, 0.29) is 5.91 Å². The minimum atomic E-state index is -0.0607. The summed E-state index contributed by atoms with van der Waals surface area (Å²) in [5.41, 5.74) is 2.81. The van der Waals surface area contributed by atoms with E-state index in [4.69, 9.17) is 16.3 Å². The number of anilines is 1. The first-order chi connectivity index (χ1) is 11.1. The summed E-state index contributed by atoms with van der Waals surface area (Å²) in [7, 11) is 3.61. The van der Waals surface area contributed by atoms with Gasteiger partial charge in [-0.15, -0.1) is 0 Å². The molecular weight excluding hydrogens is 312 g/mol. The zero-order valence-corrected chi connectivity index (χ0v) is 14.0. The highest BCUT2D eigenvalue weighted by molar-refractivity contribution is 6.31. The van der Waals surface area contributed by atoms with Crippen molar-refractivity contribution < 1.29 is 9.53 Å². The van der Waals surface area contributed by atoms with E-state index in [1.165, 1.54) is 5.69 Å². The molecule has 0 atom stereocenters. The Kier molecular flexibility index (Phi) is 4.44. The van der Waals surface area contributed by atoms with Gasteiger partial charge in [-0.25, -0.2) is 0 Å². The molecule has 2 aromatic carbocycles. The van der Waals surface area contributed by atoms with E-state index >= 15 is 0 Å². The van der Waals surface area contributed by atoms with Crippen molar-refractivity contribution in [3.8, 4) is 5.75 Å². The predicted octanol–water partition coefficient (Wildman–Crippen LogP) is 3.44. The Labute approximate surface area is 141 Å². The lowest BCUT2D eigenvalue weighted by Gasteiger charge is -2.22. The predicted molar refractivity (Wildman–Crippen MR) is 92.5 cm³/mol. The molecule has 1 aliphatic rings. The van der Waals surface area contributed by atoms with Gasteiger partial charge in [0.2, 0.25) is 0 Å². The molecule has 0 aliphatic carbocycles. The molecule has 0 aromatic heterocycles. The summed E-state index contributed by atoms with van der Waals surface area (Å²) in [6.07, 6.45) is 0. The summed E-state index contributed by atoms with van der Waals surface area (Å²) in [5.74, 6) is 0.486. The number of methoxy groups -OCH3 is 1. The van der Waals surface area contributed by atoms with Gasteiger partial charge in [0.15, 0.2) is 0 Å². The van der Waals surface area contributed by atoms with Crippen molar-refractivity contribution in [3.05, 3.63) is 58.6 Å². The van der Waals surface area contributed by atoms with Gasteiger partial charge in [0.05, 0.1) is 12.7 Å². The molecule has 0 saturated heterocycles. The molecule has 0 unspecified atom stereocenters. The van der Waals surface area contributed by atoms with Gasteiger partial charge in [0, 0.05) is 37.4 Å². The molecule has 2 aromatic rings. The van der Waals surface area contributed by atoms with Crippen LogP contribution in [-0.4, -0.2) is 38.1 Å². The second kappa shape index (κ2) is 6.50. The Balaban J connectivity index is 1.93. The maximum Gasteiger partial charge on any atom is 0.258 e. The van der Waals surface area contributed by atoms with Crippen LogP contribution in [0.3, 0.4) is 0 Å². The number of benzene rings is 2. The summed E-state index contributed by atoms with van der Waals surface area (Å²) >= 11 is 6.06. The highest BCUT2D eigenvalue weighted by Crippen LogP contribution is 2.28. The van der Waals surface area contributed by atoms with Crippen molar-refractivity contribution in [3.63, 3.8) is 0 Å². The number of hydrogen-bond donors (Lipinski definition) is 0. The highest BCUT2D eigenvalue weighted by Gasteiger charge is 2.24. The van der Waals surface area contributed by atoms with Crippen LogP contribution in [0.4, 0.5) is 5.69 Å². The molecule has 0 spiro atoms. The highest BCUT2D eigenvalue weighted by atomic mass is 35.5. The van der Waals surface area contributed by atoms with Crippen molar-refractivity contribution >= 4 is 23.2 Å². The Morgan fingerprint density at radius 2 is 1.96 bits per heavy atom. The van der Waals surface area contributed by atoms with E-state index in [0.717, 1.165) is 12.1 Å². The number of likely N-dealkylation sites (N-methyl/N-ethyl adjacent to an activating group) is 1. The number of carbonyl (C=O) groups is 1. The number of fused-ring (bicyclic) bond motifs is 1. The fourth-order valence-electron chi connectivity index (χ4n) is 2.88. The van der Waals surface area contributed by atoms with Crippen LogP contribution in [0.25, 0.3) is 0 Å². The van der Waals surface area contributed by atoms with Crippen LogP contribution in [0, 0.1) is 0 Å². The molecule has 4 nitrogen and oxygen atoms in total. The first-order valence-electron chi connectivity index (χ1n) is 7.52. The van der Waals surface area contributed by atoms with Gasteiger partial charge in [0.25, 0.3) is 5.91 Å². The summed E-state index contributed by atoms with van der Waals surface area (Å²) in [6, 6.07) is 13.3. The maximum absolute atomic E-state index is 13.0. The van der Waals surface area contributed by atoms with Gasteiger partial charge in [-0.3, -0.25) is 4.79 Å². The number of ether oxygens (including phenoxy) is 1.